The van der Waals surface area contributed by atoms with E-state index in [2.05, 4.69) is 4.98 Å². The van der Waals surface area contributed by atoms with Gasteiger partial charge in [-0.1, -0.05) is 0 Å². The Morgan fingerprint density at radius 2 is 2.15 bits per heavy atom. The number of nitrogens with one attached hydrogen (secondary N) is 1. The normalized spacial score (nSPS) is 32.0. The molecule has 1 aromatic heterocycles. The number of ether oxygens (including phenoxy) is 1. The molecule has 3 atom stereocenters. The summed E-state index contributed by atoms with van der Waals surface area (Å²) in [5.74, 6) is 0. The molecule has 1 aromatic rings. The van der Waals surface area contributed by atoms with Crippen LogP contribution in [0.2, 0.25) is 0 Å². The molecule has 20 heavy (non-hydrogen) atoms. The van der Waals surface area contributed by atoms with Gasteiger partial charge in [-0.3, -0.25) is 14.3 Å². The number of H-pyrrole nitrogens is 1. The molecule has 3 N–H and O–H groups in total. The lowest BCUT2D eigenvalue weighted by molar-refractivity contribution is -0.0764. The van der Waals surface area contributed by atoms with Gasteiger partial charge < -0.3 is 4.74 Å². The molecule has 0 spiro atoms. The molecule has 3 rings (SSSR count). The summed E-state index contributed by atoms with van der Waals surface area (Å²) in [5, 5.41) is 0. The minimum atomic E-state index is -3.78. The van der Waals surface area contributed by atoms with Gasteiger partial charge in [0.2, 0.25) is 0 Å². The smallest absolute Gasteiger partial charge is 0.349 e. The van der Waals surface area contributed by atoms with Gasteiger partial charge in [0, 0.05) is 12.6 Å². The van der Waals surface area contributed by atoms with E-state index < -0.39 is 37.9 Å². The highest BCUT2D eigenvalue weighted by Crippen LogP contribution is 2.58. The molecule has 110 valence electrons. The van der Waals surface area contributed by atoms with E-state index in [-0.39, 0.29) is 13.0 Å². The molecule has 0 bridgehead atoms. The van der Waals surface area contributed by atoms with E-state index in [1.807, 2.05) is 22.6 Å². The molecule has 0 saturated carbocycles. The largest absolute Gasteiger partial charge is 0.570 e. The minimum Gasteiger partial charge on any atom is -0.349 e. The van der Waals surface area contributed by atoms with Crippen LogP contribution in [0.15, 0.2) is 15.8 Å². The number of rotatable bonds is 1. The number of hydrogen-bond acceptors (Lipinski definition) is 7. The first-order valence-electron chi connectivity index (χ1n) is 5.69. The monoisotopic (exact) mass is 417 g/mol. The van der Waals surface area contributed by atoms with Crippen LogP contribution in [-0.2, 0) is 13.8 Å². The van der Waals surface area contributed by atoms with Gasteiger partial charge >= 0.3 is 13.9 Å². The highest BCUT2D eigenvalue weighted by Gasteiger charge is 2.55. The molecule has 9 nitrogen and oxygen atoms in total. The van der Waals surface area contributed by atoms with Crippen LogP contribution in [0.25, 0.3) is 0 Å². The third-order valence-electron chi connectivity index (χ3n) is 3.09. The lowest BCUT2D eigenvalue weighted by atomic mass is 10.2. The maximum Gasteiger partial charge on any atom is 0.570 e. The van der Waals surface area contributed by atoms with E-state index in [0.29, 0.717) is 3.57 Å². The summed E-state index contributed by atoms with van der Waals surface area (Å²) in [6, 6.07) is 0. The highest BCUT2D eigenvalue weighted by molar-refractivity contribution is 14.1. The summed E-state index contributed by atoms with van der Waals surface area (Å²) >= 11 is 1.81. The van der Waals surface area contributed by atoms with Gasteiger partial charge in [-0.15, -0.1) is 4.52 Å². The predicted octanol–water partition coefficient (Wildman–Crippen LogP) is -0.494. The minimum absolute atomic E-state index is 0.0167. The molecule has 0 amide bonds. The number of hydrogen-bond donors (Lipinski definition) is 3. The molecule has 0 aromatic carbocycles. The Labute approximate surface area is 126 Å². The molecule has 0 unspecified atom stereocenters. The number of nitrogens with zero attached hydrogens (tertiary/aromatic N) is 1. The number of fused-ring (bicyclic) bond motifs is 1. The van der Waals surface area contributed by atoms with Crippen molar-refractivity contribution in [2.24, 2.45) is 0 Å². The van der Waals surface area contributed by atoms with Gasteiger partial charge in [-0.2, -0.15) is 14.3 Å². The van der Waals surface area contributed by atoms with E-state index in [4.69, 9.17) is 13.8 Å². The van der Waals surface area contributed by atoms with Crippen LogP contribution in [0.5, 0.6) is 0 Å². The van der Waals surface area contributed by atoms with Gasteiger partial charge in [-0.05, 0) is 22.6 Å². The topological polar surface area (TPSA) is 123 Å². The second kappa shape index (κ2) is 5.13. The summed E-state index contributed by atoms with van der Waals surface area (Å²) in [4.78, 5) is 44.0. The highest BCUT2D eigenvalue weighted by atomic mass is 127. The summed E-state index contributed by atoms with van der Waals surface area (Å²) in [6.07, 6.45) is -0.0360. The van der Waals surface area contributed by atoms with Crippen molar-refractivity contribution < 1.29 is 23.6 Å². The van der Waals surface area contributed by atoms with Crippen LogP contribution in [0.1, 0.15) is 12.6 Å². The van der Waals surface area contributed by atoms with E-state index in [0.717, 1.165) is 0 Å². The zero-order valence-electron chi connectivity index (χ0n) is 9.93. The Hall–Kier alpha value is -0.360. The maximum atomic E-state index is 11.8. The van der Waals surface area contributed by atoms with E-state index in [9.17, 15) is 19.4 Å². The molecule has 2 aliphatic heterocycles. The van der Waals surface area contributed by atoms with Crippen molar-refractivity contribution in [3.05, 3.63) is 30.6 Å². The number of aromatic amines is 1. The Kier molecular flexibility index (Phi) is 3.73. The van der Waals surface area contributed by atoms with Crippen LogP contribution >= 0.6 is 30.8 Å². The first kappa shape index (κ1) is 14.6. The SMILES string of the molecule is O=c1[nH]c(=O)n([C@H]2C[C@@H]3O[P+](O)(O)OC[C@H]3O2)cc1I. The third-order valence-corrected chi connectivity index (χ3v) is 4.89. The third kappa shape index (κ3) is 2.69. The molecule has 2 saturated heterocycles. The van der Waals surface area contributed by atoms with Crippen LogP contribution in [0, 0.1) is 3.57 Å². The lowest BCUT2D eigenvalue weighted by Gasteiger charge is -2.23. The van der Waals surface area contributed by atoms with Crippen molar-refractivity contribution in [1.82, 2.24) is 9.55 Å². The Balaban J connectivity index is 1.86. The standard InChI is InChI=1S/C9H10IN2O7P/c10-4-2-12(9(14)11-8(4)13)7-1-5-6(18-7)3-17-20(15,16)19-5/h2,5-7,15-16H,1,3H2/p+1/t5-,6+,7+/m0/s1. The fourth-order valence-electron chi connectivity index (χ4n) is 2.18. The molecular formula is C9H11IN2O7P+. The first-order chi connectivity index (χ1) is 9.35. The fraction of sp³-hybridized carbons (Fsp3) is 0.556. The Morgan fingerprint density at radius 3 is 2.90 bits per heavy atom. The fourth-order valence-corrected chi connectivity index (χ4v) is 3.60. The number of aromatic nitrogens is 2. The van der Waals surface area contributed by atoms with Crippen LogP contribution in [0.4, 0.5) is 0 Å². The predicted molar refractivity (Wildman–Crippen MR) is 74.7 cm³/mol. The van der Waals surface area contributed by atoms with Gasteiger partial charge in [0.15, 0.2) is 0 Å². The van der Waals surface area contributed by atoms with Crippen molar-refractivity contribution >= 4 is 30.8 Å². The average Bonchev–Trinajstić information content (AvgIpc) is 2.74. The van der Waals surface area contributed by atoms with E-state index >= 15 is 0 Å². The van der Waals surface area contributed by atoms with Crippen molar-refractivity contribution in [3.8, 4) is 0 Å². The van der Waals surface area contributed by atoms with Crippen LogP contribution in [-0.4, -0.2) is 38.2 Å². The summed E-state index contributed by atoms with van der Waals surface area (Å²) in [5.41, 5.74) is -1.05. The van der Waals surface area contributed by atoms with Gasteiger partial charge in [0.25, 0.3) is 5.56 Å². The number of halogens is 1. The summed E-state index contributed by atoms with van der Waals surface area (Å²) < 4.78 is 17.0. The van der Waals surface area contributed by atoms with Crippen molar-refractivity contribution in [2.45, 2.75) is 24.9 Å². The van der Waals surface area contributed by atoms with Gasteiger partial charge in [0.1, 0.15) is 25.0 Å². The molecule has 11 heteroatoms. The molecule has 0 aliphatic carbocycles. The van der Waals surface area contributed by atoms with Crippen molar-refractivity contribution in [2.75, 3.05) is 6.61 Å². The first-order valence-corrected chi connectivity index (χ1v) is 8.30. The lowest BCUT2D eigenvalue weighted by Crippen LogP contribution is -2.34. The molecular weight excluding hydrogens is 406 g/mol. The Morgan fingerprint density at radius 1 is 1.40 bits per heavy atom. The van der Waals surface area contributed by atoms with Crippen LogP contribution < -0.4 is 11.2 Å². The second-order valence-corrected chi connectivity index (χ2v) is 7.05. The molecule has 3 heterocycles. The quantitative estimate of drug-likeness (QED) is 0.416. The Bertz CT molecular complexity index is 644. The van der Waals surface area contributed by atoms with E-state index in [1.54, 1.807) is 0 Å². The molecule has 2 fully saturated rings. The van der Waals surface area contributed by atoms with Gasteiger partial charge in [0.05, 0.1) is 3.57 Å². The van der Waals surface area contributed by atoms with E-state index in [1.165, 1.54) is 10.8 Å². The van der Waals surface area contributed by atoms with Crippen molar-refractivity contribution in [3.63, 3.8) is 0 Å². The summed E-state index contributed by atoms with van der Waals surface area (Å²) in [6.45, 7) is -0.0167. The average molecular weight is 417 g/mol. The summed E-state index contributed by atoms with van der Waals surface area (Å²) in [7, 11) is -3.78. The molecule has 0 radical (unpaired) electrons. The second-order valence-electron chi connectivity index (χ2n) is 4.44. The van der Waals surface area contributed by atoms with Crippen LogP contribution in [0.3, 0.4) is 0 Å². The van der Waals surface area contributed by atoms with Gasteiger partial charge in [-0.25, -0.2) is 4.79 Å². The zero-order chi connectivity index (χ0) is 14.5. The maximum absolute atomic E-state index is 11.8. The zero-order valence-corrected chi connectivity index (χ0v) is 13.0. The van der Waals surface area contributed by atoms with Crippen molar-refractivity contribution in [1.29, 1.82) is 0 Å². The molecule has 2 aliphatic rings.